The molecular weight excluding hydrogens is 452 g/mol. The van der Waals surface area contributed by atoms with Gasteiger partial charge >= 0.3 is 6.03 Å². The van der Waals surface area contributed by atoms with Crippen LogP contribution in [0.4, 0.5) is 21.9 Å². The van der Waals surface area contributed by atoms with Gasteiger partial charge in [0.1, 0.15) is 5.75 Å². The lowest BCUT2D eigenvalue weighted by molar-refractivity contribution is -0.116. The molecule has 1 unspecified atom stereocenters. The Bertz CT molecular complexity index is 1260. The number of amides is 3. The molecule has 0 bridgehead atoms. The molecule has 0 aromatic heterocycles. The van der Waals surface area contributed by atoms with Crippen molar-refractivity contribution in [3.8, 4) is 5.75 Å². The first-order chi connectivity index (χ1) is 17.2. The summed E-state index contributed by atoms with van der Waals surface area (Å²) in [5.74, 6) is 0.731. The number of hydrogen-bond acceptors (Lipinski definition) is 4. The highest BCUT2D eigenvalue weighted by molar-refractivity contribution is 5.98. The van der Waals surface area contributed by atoms with Gasteiger partial charge in [-0.2, -0.15) is 0 Å². The number of urea groups is 1. The van der Waals surface area contributed by atoms with Crippen molar-refractivity contribution in [3.63, 3.8) is 0 Å². The van der Waals surface area contributed by atoms with Crippen LogP contribution < -0.4 is 25.2 Å². The molecule has 3 aromatic carbocycles. The van der Waals surface area contributed by atoms with Crippen molar-refractivity contribution in [1.82, 2.24) is 5.32 Å². The summed E-state index contributed by atoms with van der Waals surface area (Å²) in [7, 11) is 5.47. The van der Waals surface area contributed by atoms with Crippen LogP contribution in [0.2, 0.25) is 0 Å². The minimum absolute atomic E-state index is 0.00586. The summed E-state index contributed by atoms with van der Waals surface area (Å²) in [4.78, 5) is 29.3. The van der Waals surface area contributed by atoms with Crippen LogP contribution in [0.25, 0.3) is 0 Å². The average Bonchev–Trinajstić information content (AvgIpc) is 2.88. The number of nitrogens with zero attached hydrogens (tertiary/aromatic N) is 2. The zero-order valence-corrected chi connectivity index (χ0v) is 21.6. The SMILES string of the molecule is COc1ccccc1CNC(=O)Nc1cc2c(cc1N(C)C)N(C(C)=O)CCC2(C)c1ccccc1. The molecule has 1 aliphatic heterocycles. The van der Waals surface area contributed by atoms with Crippen molar-refractivity contribution in [3.05, 3.63) is 83.4 Å². The van der Waals surface area contributed by atoms with E-state index in [0.29, 0.717) is 18.8 Å². The molecule has 1 heterocycles. The van der Waals surface area contributed by atoms with Crippen LogP contribution in [0.15, 0.2) is 66.7 Å². The zero-order chi connectivity index (χ0) is 25.9. The molecule has 7 heteroatoms. The van der Waals surface area contributed by atoms with Gasteiger partial charge in [-0.1, -0.05) is 55.5 Å². The quantitative estimate of drug-likeness (QED) is 0.506. The van der Waals surface area contributed by atoms with E-state index in [9.17, 15) is 9.59 Å². The predicted molar refractivity (Wildman–Crippen MR) is 145 cm³/mol. The molecule has 0 saturated carbocycles. The van der Waals surface area contributed by atoms with Crippen LogP contribution in [-0.2, 0) is 16.8 Å². The molecule has 7 nitrogen and oxygen atoms in total. The number of methoxy groups -OCH3 is 1. The number of benzene rings is 3. The highest BCUT2D eigenvalue weighted by atomic mass is 16.5. The van der Waals surface area contributed by atoms with E-state index < -0.39 is 0 Å². The van der Waals surface area contributed by atoms with Gasteiger partial charge in [0.15, 0.2) is 0 Å². The van der Waals surface area contributed by atoms with Crippen molar-refractivity contribution in [2.75, 3.05) is 42.9 Å². The minimum Gasteiger partial charge on any atom is -0.496 e. The van der Waals surface area contributed by atoms with Gasteiger partial charge in [-0.25, -0.2) is 4.79 Å². The maximum absolute atomic E-state index is 13.0. The molecule has 4 rings (SSSR count). The third-order valence-corrected chi connectivity index (χ3v) is 6.99. The molecule has 188 valence electrons. The van der Waals surface area contributed by atoms with E-state index in [-0.39, 0.29) is 17.4 Å². The summed E-state index contributed by atoms with van der Waals surface area (Å²) >= 11 is 0. The zero-order valence-electron chi connectivity index (χ0n) is 21.6. The monoisotopic (exact) mass is 486 g/mol. The summed E-state index contributed by atoms with van der Waals surface area (Å²) in [6.07, 6.45) is 0.782. The summed E-state index contributed by atoms with van der Waals surface area (Å²) < 4.78 is 5.39. The van der Waals surface area contributed by atoms with Crippen LogP contribution in [0.1, 0.15) is 37.0 Å². The van der Waals surface area contributed by atoms with Crippen LogP contribution in [0.3, 0.4) is 0 Å². The molecule has 0 spiro atoms. The number of carbonyl (C=O) groups excluding carboxylic acids is 2. The Morgan fingerprint density at radius 3 is 2.42 bits per heavy atom. The van der Waals surface area contributed by atoms with E-state index in [1.165, 1.54) is 5.56 Å². The summed E-state index contributed by atoms with van der Waals surface area (Å²) in [6.45, 7) is 4.77. The summed E-state index contributed by atoms with van der Waals surface area (Å²) in [6, 6.07) is 21.6. The van der Waals surface area contributed by atoms with E-state index in [4.69, 9.17) is 4.74 Å². The number of para-hydroxylation sites is 1. The Labute approximate surface area is 213 Å². The van der Waals surface area contributed by atoms with Gasteiger partial charge in [-0.15, -0.1) is 0 Å². The van der Waals surface area contributed by atoms with E-state index in [1.54, 1.807) is 14.0 Å². The maximum atomic E-state index is 13.0. The van der Waals surface area contributed by atoms with Gasteiger partial charge in [0.05, 0.1) is 18.5 Å². The van der Waals surface area contributed by atoms with Gasteiger partial charge < -0.3 is 25.2 Å². The number of anilines is 3. The van der Waals surface area contributed by atoms with Gasteiger partial charge in [-0.3, -0.25) is 4.79 Å². The number of fused-ring (bicyclic) bond motifs is 1. The van der Waals surface area contributed by atoms with E-state index in [2.05, 4.69) is 29.7 Å². The van der Waals surface area contributed by atoms with Crippen LogP contribution in [-0.4, -0.2) is 39.7 Å². The molecule has 2 N–H and O–H groups in total. The number of rotatable bonds is 6. The molecule has 3 amide bonds. The molecule has 0 fully saturated rings. The normalized spacial score (nSPS) is 16.6. The first-order valence-electron chi connectivity index (χ1n) is 12.1. The first-order valence-corrected chi connectivity index (χ1v) is 12.1. The second-order valence-electron chi connectivity index (χ2n) is 9.52. The number of hydrogen-bond donors (Lipinski definition) is 2. The molecule has 0 aliphatic carbocycles. The standard InChI is InChI=1S/C29H34N4O3/c1-20(34)33-16-15-29(2,22-12-7-6-8-13-22)23-17-24(26(32(3)4)18-25(23)33)31-28(35)30-19-21-11-9-10-14-27(21)36-5/h6-14,17-18H,15-16,19H2,1-5H3,(H2,30,31,35). The van der Waals surface area contributed by atoms with Crippen LogP contribution >= 0.6 is 0 Å². The second kappa shape index (κ2) is 10.3. The third kappa shape index (κ3) is 4.87. The summed E-state index contributed by atoms with van der Waals surface area (Å²) in [5, 5.41) is 5.98. The van der Waals surface area contributed by atoms with E-state index >= 15 is 0 Å². The van der Waals surface area contributed by atoms with Crippen molar-refractivity contribution in [1.29, 1.82) is 0 Å². The lowest BCUT2D eigenvalue weighted by Gasteiger charge is -2.42. The van der Waals surface area contributed by atoms with Gasteiger partial charge in [0.25, 0.3) is 0 Å². The van der Waals surface area contributed by atoms with Crippen molar-refractivity contribution in [2.45, 2.75) is 32.2 Å². The molecule has 3 aromatic rings. The van der Waals surface area contributed by atoms with Crippen molar-refractivity contribution in [2.24, 2.45) is 0 Å². The largest absolute Gasteiger partial charge is 0.496 e. The van der Waals surface area contributed by atoms with Crippen LogP contribution in [0.5, 0.6) is 5.75 Å². The van der Waals surface area contributed by atoms with Crippen molar-refractivity contribution < 1.29 is 14.3 Å². The van der Waals surface area contributed by atoms with Crippen LogP contribution in [0, 0.1) is 0 Å². The molecule has 1 aliphatic rings. The Hall–Kier alpha value is -4.00. The maximum Gasteiger partial charge on any atom is 0.319 e. The first kappa shape index (κ1) is 25.1. The second-order valence-corrected chi connectivity index (χ2v) is 9.52. The predicted octanol–water partition coefficient (Wildman–Crippen LogP) is 5.15. The fourth-order valence-electron chi connectivity index (χ4n) is 4.93. The smallest absolute Gasteiger partial charge is 0.319 e. The summed E-state index contributed by atoms with van der Waals surface area (Å²) in [5.41, 5.74) is 5.16. The molecule has 0 radical (unpaired) electrons. The van der Waals surface area contributed by atoms with E-state index in [0.717, 1.165) is 34.7 Å². The van der Waals surface area contributed by atoms with Gasteiger partial charge in [0.2, 0.25) is 5.91 Å². The minimum atomic E-state index is -0.315. The average molecular weight is 487 g/mol. The van der Waals surface area contributed by atoms with Crippen molar-refractivity contribution >= 4 is 29.0 Å². The molecule has 0 saturated heterocycles. The molecule has 36 heavy (non-hydrogen) atoms. The number of ether oxygens (including phenoxy) is 1. The third-order valence-electron chi connectivity index (χ3n) is 6.99. The topological polar surface area (TPSA) is 73.9 Å². The fraction of sp³-hybridized carbons (Fsp3) is 0.310. The number of carbonyl (C=O) groups is 2. The fourth-order valence-corrected chi connectivity index (χ4v) is 4.93. The van der Waals surface area contributed by atoms with Gasteiger partial charge in [-0.05, 0) is 35.7 Å². The highest BCUT2D eigenvalue weighted by Gasteiger charge is 2.38. The van der Waals surface area contributed by atoms with Gasteiger partial charge in [0, 0.05) is 50.8 Å². The number of nitrogens with one attached hydrogen (secondary N) is 2. The lowest BCUT2D eigenvalue weighted by Crippen LogP contribution is -2.42. The molecular formula is C29H34N4O3. The molecule has 1 atom stereocenters. The Morgan fingerprint density at radius 1 is 1.06 bits per heavy atom. The Kier molecular flexibility index (Phi) is 7.20. The Morgan fingerprint density at radius 2 is 1.75 bits per heavy atom. The lowest BCUT2D eigenvalue weighted by atomic mass is 9.70. The highest BCUT2D eigenvalue weighted by Crippen LogP contribution is 2.47. The Balaban J connectivity index is 1.71. The van der Waals surface area contributed by atoms with E-state index in [1.807, 2.05) is 78.5 Å².